The number of aryl methyl sites for hydroxylation is 2. The second kappa shape index (κ2) is 8.57. The molecule has 0 aliphatic carbocycles. The summed E-state index contributed by atoms with van der Waals surface area (Å²) in [5, 5.41) is 19.3. The minimum absolute atomic E-state index is 0.165. The first-order chi connectivity index (χ1) is 14.5. The normalized spacial score (nSPS) is 15.7. The van der Waals surface area contributed by atoms with Crippen LogP contribution in [0.2, 0.25) is 0 Å². The Kier molecular flexibility index (Phi) is 5.87. The van der Waals surface area contributed by atoms with Gasteiger partial charge in [0.2, 0.25) is 0 Å². The molecule has 7 heteroatoms. The average molecular weight is 425 g/mol. The minimum Gasteiger partial charge on any atom is -0.477 e. The van der Waals surface area contributed by atoms with Crippen LogP contribution in [0.5, 0.6) is 0 Å². The molecule has 0 spiro atoms. The van der Waals surface area contributed by atoms with Crippen LogP contribution in [-0.2, 0) is 17.6 Å². The first-order valence-corrected chi connectivity index (χ1v) is 11.4. The van der Waals surface area contributed by atoms with Gasteiger partial charge in [-0.1, -0.05) is 13.3 Å². The zero-order chi connectivity index (χ0) is 21.3. The molecule has 1 aromatic carbocycles. The van der Waals surface area contributed by atoms with Crippen LogP contribution in [0.15, 0.2) is 25.7 Å². The Morgan fingerprint density at radius 2 is 2.13 bits per heavy atom. The molecule has 0 fully saturated rings. The van der Waals surface area contributed by atoms with Crippen LogP contribution in [0.3, 0.4) is 0 Å². The number of fused-ring (bicyclic) bond motifs is 2. The Morgan fingerprint density at radius 1 is 1.37 bits per heavy atom. The lowest BCUT2D eigenvalue weighted by molar-refractivity contribution is -0.132. The van der Waals surface area contributed by atoms with Gasteiger partial charge in [-0.2, -0.15) is 5.26 Å². The lowest BCUT2D eigenvalue weighted by Gasteiger charge is -2.37. The number of unbranched alkanes of at least 4 members (excludes halogenated alkanes) is 1. The van der Waals surface area contributed by atoms with E-state index in [0.717, 1.165) is 73.2 Å². The number of aliphatic carboxylic acids is 1. The van der Waals surface area contributed by atoms with Gasteiger partial charge in [-0.25, -0.2) is 9.59 Å². The molecule has 0 bridgehead atoms. The summed E-state index contributed by atoms with van der Waals surface area (Å²) in [5.74, 6) is -0.540. The summed E-state index contributed by atoms with van der Waals surface area (Å²) < 4.78 is 5.79. The minimum atomic E-state index is -1.35. The molecule has 0 radical (unpaired) electrons. The molecule has 3 heterocycles. The van der Waals surface area contributed by atoms with Crippen LogP contribution >= 0.6 is 11.8 Å². The molecule has 0 unspecified atom stereocenters. The van der Waals surface area contributed by atoms with Crippen molar-refractivity contribution in [1.82, 2.24) is 0 Å². The van der Waals surface area contributed by atoms with Crippen LogP contribution < -0.4 is 10.5 Å². The topological polar surface area (TPSA) is 94.5 Å². The van der Waals surface area contributed by atoms with E-state index in [4.69, 9.17) is 4.42 Å². The smallest absolute Gasteiger partial charge is 0.346 e. The number of nitrogens with zero attached hydrogens (tertiary/aromatic N) is 2. The fraction of sp³-hybridized carbons (Fsp3) is 0.435. The van der Waals surface area contributed by atoms with Crippen molar-refractivity contribution in [3.05, 3.63) is 38.7 Å². The molecule has 0 amide bonds. The summed E-state index contributed by atoms with van der Waals surface area (Å²) >= 11 is 1.55. The van der Waals surface area contributed by atoms with Gasteiger partial charge in [-0.05, 0) is 55.6 Å². The van der Waals surface area contributed by atoms with Crippen LogP contribution in [0.25, 0.3) is 17.0 Å². The number of nitriles is 1. The molecule has 4 rings (SSSR count). The molecule has 2 aliphatic heterocycles. The molecule has 0 atom stereocenters. The second-order valence-electron chi connectivity index (χ2n) is 7.74. The van der Waals surface area contributed by atoms with E-state index in [1.54, 1.807) is 17.8 Å². The van der Waals surface area contributed by atoms with E-state index in [9.17, 15) is 20.0 Å². The number of carboxylic acids is 1. The van der Waals surface area contributed by atoms with Crippen molar-refractivity contribution in [2.75, 3.05) is 23.7 Å². The summed E-state index contributed by atoms with van der Waals surface area (Å²) in [6, 6.07) is 3.79. The first kappa shape index (κ1) is 20.5. The van der Waals surface area contributed by atoms with Gasteiger partial charge >= 0.3 is 11.6 Å². The highest BCUT2D eigenvalue weighted by Crippen LogP contribution is 2.43. The lowest BCUT2D eigenvalue weighted by Crippen LogP contribution is -2.34. The predicted molar refractivity (Wildman–Crippen MR) is 118 cm³/mol. The lowest BCUT2D eigenvalue weighted by atomic mass is 9.90. The van der Waals surface area contributed by atoms with Crippen molar-refractivity contribution >= 4 is 40.5 Å². The third-order valence-corrected chi connectivity index (χ3v) is 6.98. The number of rotatable bonds is 6. The van der Waals surface area contributed by atoms with Crippen molar-refractivity contribution in [2.45, 2.75) is 50.3 Å². The van der Waals surface area contributed by atoms with Crippen molar-refractivity contribution < 1.29 is 14.3 Å². The van der Waals surface area contributed by atoms with Gasteiger partial charge in [-0.15, -0.1) is 11.8 Å². The number of carboxylic acid groups (broad SMARTS) is 1. The van der Waals surface area contributed by atoms with E-state index in [-0.39, 0.29) is 5.56 Å². The zero-order valence-corrected chi connectivity index (χ0v) is 17.8. The zero-order valence-electron chi connectivity index (χ0n) is 17.0. The predicted octanol–water partition coefficient (Wildman–Crippen LogP) is 4.38. The van der Waals surface area contributed by atoms with Gasteiger partial charge in [0.25, 0.3) is 0 Å². The molecular weight excluding hydrogens is 400 g/mol. The van der Waals surface area contributed by atoms with Crippen molar-refractivity contribution in [1.29, 1.82) is 5.26 Å². The van der Waals surface area contributed by atoms with Crippen LogP contribution in [0.1, 0.15) is 49.3 Å². The monoisotopic (exact) mass is 424 g/mol. The summed E-state index contributed by atoms with van der Waals surface area (Å²) in [6.07, 6.45) is 7.13. The van der Waals surface area contributed by atoms with E-state index < -0.39 is 17.2 Å². The average Bonchev–Trinajstić information content (AvgIpc) is 2.74. The number of benzene rings is 1. The highest BCUT2D eigenvalue weighted by Gasteiger charge is 2.28. The molecule has 156 valence electrons. The fourth-order valence-corrected chi connectivity index (χ4v) is 5.63. The van der Waals surface area contributed by atoms with Gasteiger partial charge in [-0.3, -0.25) is 0 Å². The third kappa shape index (κ3) is 3.61. The van der Waals surface area contributed by atoms with E-state index in [1.165, 1.54) is 17.3 Å². The Balaban J connectivity index is 2.01. The Morgan fingerprint density at radius 3 is 2.83 bits per heavy atom. The number of hydrogen-bond donors (Lipinski definition) is 1. The van der Waals surface area contributed by atoms with E-state index in [2.05, 4.69) is 17.9 Å². The third-order valence-electron chi connectivity index (χ3n) is 5.76. The van der Waals surface area contributed by atoms with Gasteiger partial charge in [0.1, 0.15) is 17.2 Å². The largest absolute Gasteiger partial charge is 0.477 e. The molecule has 0 saturated carbocycles. The highest BCUT2D eigenvalue weighted by atomic mass is 32.2. The van der Waals surface area contributed by atoms with E-state index >= 15 is 0 Å². The number of carbonyl (C=O) groups is 1. The summed E-state index contributed by atoms with van der Waals surface area (Å²) in [7, 11) is 0. The van der Waals surface area contributed by atoms with E-state index in [0.29, 0.717) is 5.58 Å². The van der Waals surface area contributed by atoms with Gasteiger partial charge in [0, 0.05) is 34.6 Å². The maximum Gasteiger partial charge on any atom is 0.346 e. The molecule has 30 heavy (non-hydrogen) atoms. The Labute approximate surface area is 179 Å². The molecule has 0 saturated heterocycles. The molecule has 1 aromatic heterocycles. The maximum absolute atomic E-state index is 13.0. The van der Waals surface area contributed by atoms with Crippen LogP contribution in [0.4, 0.5) is 5.69 Å². The molecular formula is C23H24N2O4S. The highest BCUT2D eigenvalue weighted by molar-refractivity contribution is 7.99. The van der Waals surface area contributed by atoms with Crippen LogP contribution in [-0.4, -0.2) is 29.9 Å². The van der Waals surface area contributed by atoms with Crippen LogP contribution in [0, 0.1) is 11.3 Å². The van der Waals surface area contributed by atoms with E-state index in [1.807, 2.05) is 0 Å². The fourth-order valence-electron chi connectivity index (χ4n) is 4.39. The number of hydrogen-bond acceptors (Lipinski definition) is 6. The van der Waals surface area contributed by atoms with Crippen molar-refractivity contribution in [3.8, 4) is 6.07 Å². The quantitative estimate of drug-likeness (QED) is 0.242. The summed E-state index contributed by atoms with van der Waals surface area (Å²) in [4.78, 5) is 27.5. The number of anilines is 1. The first-order valence-electron chi connectivity index (χ1n) is 10.4. The number of thioether (sulfide) groups is 1. The molecule has 2 aliphatic rings. The Bertz CT molecular complexity index is 1140. The van der Waals surface area contributed by atoms with Crippen molar-refractivity contribution in [2.24, 2.45) is 0 Å². The summed E-state index contributed by atoms with van der Waals surface area (Å²) in [5.41, 5.74) is 3.32. The summed E-state index contributed by atoms with van der Waals surface area (Å²) in [6.45, 7) is 4.16. The Hall–Kier alpha value is -2.72. The van der Waals surface area contributed by atoms with Gasteiger partial charge < -0.3 is 14.4 Å². The van der Waals surface area contributed by atoms with Gasteiger partial charge in [0.15, 0.2) is 0 Å². The SMILES string of the molecule is CCCCSc1c(C=C(C#N)C(=O)O)c(=O)oc2c3c4c(cc12)CCCN4CCC3. The molecule has 6 nitrogen and oxygen atoms in total. The van der Waals surface area contributed by atoms with Gasteiger partial charge in [0.05, 0.1) is 5.56 Å². The molecule has 2 aromatic rings. The second-order valence-corrected chi connectivity index (χ2v) is 8.85. The maximum atomic E-state index is 13.0. The molecule has 1 N–H and O–H groups in total. The standard InChI is InChI=1S/C23H24N2O4S/c1-2-3-10-30-21-17-11-14-6-4-8-25-9-5-7-16(19(14)25)20(17)29-23(28)18(21)12-15(13-24)22(26)27/h11-12H,2-10H2,1H3,(H,26,27). The van der Waals surface area contributed by atoms with Crippen molar-refractivity contribution in [3.63, 3.8) is 0 Å².